The van der Waals surface area contributed by atoms with Crippen LogP contribution in [0.1, 0.15) is 0 Å². The quantitative estimate of drug-likeness (QED) is 0.236. The molecule has 0 N–H and O–H groups in total. The van der Waals surface area contributed by atoms with Gasteiger partial charge in [-0.25, -0.2) is 0 Å². The van der Waals surface area contributed by atoms with Crippen molar-refractivity contribution < 1.29 is 0 Å². The van der Waals surface area contributed by atoms with Crippen LogP contribution in [0.5, 0.6) is 0 Å². The molecule has 0 saturated carbocycles. The van der Waals surface area contributed by atoms with Crippen molar-refractivity contribution >= 4 is 43.5 Å². The number of aromatic nitrogens is 2. The molecule has 8 rings (SSSR count). The number of rotatable bonds is 3. The Hall–Kier alpha value is -5.08. The Morgan fingerprint density at radius 1 is 0.368 bits per heavy atom. The lowest BCUT2D eigenvalue weighted by atomic mass is 10.0. The van der Waals surface area contributed by atoms with Crippen molar-refractivity contribution in [2.45, 2.75) is 0 Å². The van der Waals surface area contributed by atoms with E-state index in [1.54, 1.807) is 0 Å². The highest BCUT2D eigenvalue weighted by Gasteiger charge is 2.15. The van der Waals surface area contributed by atoms with Gasteiger partial charge in [0.25, 0.3) is 0 Å². The first-order valence-electron chi connectivity index (χ1n) is 13.0. The smallest absolute Gasteiger partial charge is 0.0547 e. The van der Waals surface area contributed by atoms with E-state index < -0.39 is 0 Å². The number of hydrogen-bond acceptors (Lipinski definition) is 0. The molecule has 0 bridgehead atoms. The zero-order valence-electron chi connectivity index (χ0n) is 20.8. The minimum atomic E-state index is 1.17. The molecule has 0 fully saturated rings. The highest BCUT2D eigenvalue weighted by Crippen LogP contribution is 2.37. The molecular weight excluding hydrogens is 460 g/mol. The maximum Gasteiger partial charge on any atom is 0.0547 e. The molecule has 0 aliphatic rings. The Morgan fingerprint density at radius 2 is 1.05 bits per heavy atom. The SMILES string of the molecule is c1ccc(-c2ccc(-n3c4ccccc4c4cc5ccc6c(ccn6-c6ccccc6)c5cc43)cc2)cc1. The van der Waals surface area contributed by atoms with Gasteiger partial charge in [0.1, 0.15) is 0 Å². The van der Waals surface area contributed by atoms with Gasteiger partial charge in [-0.2, -0.15) is 0 Å². The fourth-order valence-electron chi connectivity index (χ4n) is 5.94. The van der Waals surface area contributed by atoms with Crippen LogP contribution in [0.15, 0.2) is 146 Å². The van der Waals surface area contributed by atoms with Gasteiger partial charge in [-0.1, -0.05) is 84.9 Å². The van der Waals surface area contributed by atoms with Gasteiger partial charge in [0.15, 0.2) is 0 Å². The van der Waals surface area contributed by atoms with E-state index in [9.17, 15) is 0 Å². The molecule has 0 aliphatic carbocycles. The van der Waals surface area contributed by atoms with Crippen LogP contribution in [0.25, 0.3) is 66.0 Å². The van der Waals surface area contributed by atoms with Crippen LogP contribution >= 0.6 is 0 Å². The van der Waals surface area contributed by atoms with E-state index in [0.717, 1.165) is 0 Å². The third kappa shape index (κ3) is 3.14. The summed E-state index contributed by atoms with van der Waals surface area (Å²) in [5, 5.41) is 6.36. The Kier molecular flexibility index (Phi) is 4.55. The van der Waals surface area contributed by atoms with Crippen LogP contribution < -0.4 is 0 Å². The van der Waals surface area contributed by atoms with Crippen LogP contribution in [0.3, 0.4) is 0 Å². The van der Waals surface area contributed by atoms with Gasteiger partial charge >= 0.3 is 0 Å². The fourth-order valence-corrected chi connectivity index (χ4v) is 5.94. The second-order valence-electron chi connectivity index (χ2n) is 9.88. The van der Waals surface area contributed by atoms with Crippen molar-refractivity contribution in [1.82, 2.24) is 9.13 Å². The standard InChI is InChI=1S/C36H24N2/c1-3-9-25(10-4-1)26-15-18-29(19-16-26)38-35-14-8-7-13-30(35)33-23-27-17-20-34-31(32(27)24-36(33)38)21-22-37(34)28-11-5-2-6-12-28/h1-24H. The summed E-state index contributed by atoms with van der Waals surface area (Å²) in [5.41, 5.74) is 8.48. The van der Waals surface area contributed by atoms with Crippen LogP contribution in [0.2, 0.25) is 0 Å². The summed E-state index contributed by atoms with van der Waals surface area (Å²) in [6, 6.07) is 50.3. The Balaban J connectivity index is 1.38. The largest absolute Gasteiger partial charge is 0.317 e. The molecule has 6 aromatic carbocycles. The first-order chi connectivity index (χ1) is 18.8. The lowest BCUT2D eigenvalue weighted by Gasteiger charge is -2.11. The first-order valence-corrected chi connectivity index (χ1v) is 13.0. The van der Waals surface area contributed by atoms with Crippen LogP contribution in [0, 0.1) is 0 Å². The molecule has 8 aromatic rings. The van der Waals surface area contributed by atoms with Crippen molar-refractivity contribution in [2.75, 3.05) is 0 Å². The summed E-state index contributed by atoms with van der Waals surface area (Å²) in [6.07, 6.45) is 2.18. The Morgan fingerprint density at radius 3 is 1.87 bits per heavy atom. The summed E-state index contributed by atoms with van der Waals surface area (Å²) in [4.78, 5) is 0. The van der Waals surface area contributed by atoms with E-state index in [0.29, 0.717) is 0 Å². The van der Waals surface area contributed by atoms with Gasteiger partial charge in [-0.15, -0.1) is 0 Å². The van der Waals surface area contributed by atoms with Crippen LogP contribution in [-0.2, 0) is 0 Å². The second kappa shape index (κ2) is 8.22. The summed E-state index contributed by atoms with van der Waals surface area (Å²) in [7, 11) is 0. The molecule has 0 amide bonds. The number of hydrogen-bond donors (Lipinski definition) is 0. The van der Waals surface area contributed by atoms with Gasteiger partial charge in [-0.3, -0.25) is 0 Å². The molecule has 2 nitrogen and oxygen atoms in total. The lowest BCUT2D eigenvalue weighted by molar-refractivity contribution is 1.13. The third-order valence-electron chi connectivity index (χ3n) is 7.75. The molecule has 178 valence electrons. The lowest BCUT2D eigenvalue weighted by Crippen LogP contribution is -1.94. The molecule has 0 spiro atoms. The Labute approximate surface area is 220 Å². The summed E-state index contributed by atoms with van der Waals surface area (Å²) in [5.74, 6) is 0. The molecule has 2 heterocycles. The predicted octanol–water partition coefficient (Wildman–Crippen LogP) is 9.55. The van der Waals surface area contributed by atoms with Gasteiger partial charge in [0, 0.05) is 33.7 Å². The van der Waals surface area contributed by atoms with E-state index in [2.05, 4.69) is 155 Å². The van der Waals surface area contributed by atoms with Crippen molar-refractivity contribution in [1.29, 1.82) is 0 Å². The molecular formula is C36H24N2. The van der Waals surface area contributed by atoms with Crippen LogP contribution in [-0.4, -0.2) is 9.13 Å². The molecule has 0 atom stereocenters. The summed E-state index contributed by atoms with van der Waals surface area (Å²) >= 11 is 0. The molecule has 2 heteroatoms. The number of fused-ring (bicyclic) bond motifs is 6. The van der Waals surface area contributed by atoms with Crippen LogP contribution in [0.4, 0.5) is 0 Å². The zero-order valence-corrected chi connectivity index (χ0v) is 20.8. The maximum atomic E-state index is 2.41. The molecule has 38 heavy (non-hydrogen) atoms. The Bertz CT molecular complexity index is 2100. The van der Waals surface area contributed by atoms with Gasteiger partial charge < -0.3 is 9.13 Å². The third-order valence-corrected chi connectivity index (χ3v) is 7.75. The summed E-state index contributed by atoms with van der Waals surface area (Å²) < 4.78 is 4.68. The van der Waals surface area contributed by atoms with E-state index in [4.69, 9.17) is 0 Å². The normalized spacial score (nSPS) is 11.7. The van der Waals surface area contributed by atoms with Gasteiger partial charge in [0.2, 0.25) is 0 Å². The van der Waals surface area contributed by atoms with E-state index in [1.807, 2.05) is 0 Å². The first kappa shape index (κ1) is 21.0. The molecule has 0 radical (unpaired) electrons. The van der Waals surface area contributed by atoms with Gasteiger partial charge in [0.05, 0.1) is 16.6 Å². The number of nitrogens with zero attached hydrogens (tertiary/aromatic N) is 2. The van der Waals surface area contributed by atoms with E-state index in [1.165, 1.54) is 66.0 Å². The molecule has 0 unspecified atom stereocenters. The average molecular weight is 485 g/mol. The van der Waals surface area contributed by atoms with Gasteiger partial charge in [-0.05, 0) is 76.5 Å². The number of para-hydroxylation sites is 2. The molecule has 0 saturated heterocycles. The highest BCUT2D eigenvalue weighted by molar-refractivity contribution is 6.18. The molecule has 2 aromatic heterocycles. The van der Waals surface area contributed by atoms with Crippen molar-refractivity contribution in [3.8, 4) is 22.5 Å². The second-order valence-corrected chi connectivity index (χ2v) is 9.88. The summed E-state index contributed by atoms with van der Waals surface area (Å²) in [6.45, 7) is 0. The fraction of sp³-hybridized carbons (Fsp3) is 0. The average Bonchev–Trinajstić information content (AvgIpc) is 3.57. The minimum absolute atomic E-state index is 1.17. The van der Waals surface area contributed by atoms with Crippen molar-refractivity contribution in [3.05, 3.63) is 146 Å². The zero-order chi connectivity index (χ0) is 25.1. The monoisotopic (exact) mass is 484 g/mol. The maximum absolute atomic E-state index is 2.41. The highest BCUT2D eigenvalue weighted by atomic mass is 15.0. The van der Waals surface area contributed by atoms with E-state index in [-0.39, 0.29) is 0 Å². The molecule has 0 aliphatic heterocycles. The van der Waals surface area contributed by atoms with Crippen molar-refractivity contribution in [3.63, 3.8) is 0 Å². The van der Waals surface area contributed by atoms with Crippen molar-refractivity contribution in [2.24, 2.45) is 0 Å². The van der Waals surface area contributed by atoms with E-state index >= 15 is 0 Å². The minimum Gasteiger partial charge on any atom is -0.317 e. The number of benzene rings is 6. The topological polar surface area (TPSA) is 9.86 Å². The predicted molar refractivity (Wildman–Crippen MR) is 161 cm³/mol.